The first-order chi connectivity index (χ1) is 8.66. The molecule has 0 bridgehead atoms. The molecular weight excluding hydrogens is 232 g/mol. The minimum Gasteiger partial charge on any atom is -0.353 e. The van der Waals surface area contributed by atoms with Gasteiger partial charge in [0.15, 0.2) is 0 Å². The van der Waals surface area contributed by atoms with Gasteiger partial charge in [0.25, 0.3) is 5.69 Å². The van der Waals surface area contributed by atoms with E-state index in [1.54, 1.807) is 18.2 Å². The molecule has 1 fully saturated rings. The minimum atomic E-state index is -0.446. The molecule has 0 spiro atoms. The summed E-state index contributed by atoms with van der Waals surface area (Å²) in [7, 11) is 0. The van der Waals surface area contributed by atoms with Crippen LogP contribution in [0.3, 0.4) is 0 Å². The van der Waals surface area contributed by atoms with E-state index in [2.05, 4.69) is 5.32 Å². The van der Waals surface area contributed by atoms with Gasteiger partial charge in [-0.1, -0.05) is 31.0 Å². The SMILES string of the molecule is O=C(Cc1ccccc1[N+](=O)[O-])NC1CCCC1. The first-order valence-electron chi connectivity index (χ1n) is 6.18. The zero-order valence-electron chi connectivity index (χ0n) is 10.1. The van der Waals surface area contributed by atoms with E-state index in [1.807, 2.05) is 0 Å². The standard InChI is InChI=1S/C13H16N2O3/c16-13(14-11-6-2-3-7-11)9-10-5-1-4-8-12(10)15(17)18/h1,4-5,8,11H,2-3,6-7,9H2,(H,14,16). The van der Waals surface area contributed by atoms with Gasteiger partial charge < -0.3 is 5.32 Å². The molecule has 18 heavy (non-hydrogen) atoms. The Labute approximate surface area is 105 Å². The maximum absolute atomic E-state index is 11.8. The van der Waals surface area contributed by atoms with Crippen molar-refractivity contribution in [2.24, 2.45) is 0 Å². The van der Waals surface area contributed by atoms with Crippen LogP contribution in [0.4, 0.5) is 5.69 Å². The van der Waals surface area contributed by atoms with Crippen molar-refractivity contribution in [3.63, 3.8) is 0 Å². The number of amides is 1. The Morgan fingerprint density at radius 2 is 2.00 bits per heavy atom. The second kappa shape index (κ2) is 5.62. The minimum absolute atomic E-state index is 0.0130. The molecule has 0 aromatic heterocycles. The van der Waals surface area contributed by atoms with E-state index < -0.39 is 4.92 Å². The number of rotatable bonds is 4. The van der Waals surface area contributed by atoms with E-state index in [9.17, 15) is 14.9 Å². The Kier molecular flexibility index (Phi) is 3.92. The predicted molar refractivity (Wildman–Crippen MR) is 67.2 cm³/mol. The van der Waals surface area contributed by atoms with E-state index in [4.69, 9.17) is 0 Å². The average molecular weight is 248 g/mol. The quantitative estimate of drug-likeness (QED) is 0.655. The largest absolute Gasteiger partial charge is 0.353 e. The second-order valence-electron chi connectivity index (χ2n) is 4.61. The van der Waals surface area contributed by atoms with Crippen molar-refractivity contribution in [2.75, 3.05) is 0 Å². The van der Waals surface area contributed by atoms with Crippen molar-refractivity contribution in [2.45, 2.75) is 38.1 Å². The number of nitrogens with one attached hydrogen (secondary N) is 1. The van der Waals surface area contributed by atoms with E-state index in [0.29, 0.717) is 5.56 Å². The fourth-order valence-corrected chi connectivity index (χ4v) is 2.36. The molecule has 5 nitrogen and oxygen atoms in total. The zero-order valence-corrected chi connectivity index (χ0v) is 10.1. The van der Waals surface area contributed by atoms with Crippen molar-refractivity contribution in [3.8, 4) is 0 Å². The van der Waals surface area contributed by atoms with Crippen LogP contribution in [0.2, 0.25) is 0 Å². The molecule has 1 aliphatic carbocycles. The molecule has 0 heterocycles. The zero-order chi connectivity index (χ0) is 13.0. The maximum atomic E-state index is 11.8. The van der Waals surface area contributed by atoms with Gasteiger partial charge in [-0.3, -0.25) is 14.9 Å². The van der Waals surface area contributed by atoms with Crippen LogP contribution in [-0.4, -0.2) is 16.9 Å². The Hall–Kier alpha value is -1.91. The lowest BCUT2D eigenvalue weighted by molar-refractivity contribution is -0.385. The van der Waals surface area contributed by atoms with Gasteiger partial charge in [-0.15, -0.1) is 0 Å². The van der Waals surface area contributed by atoms with Crippen LogP contribution in [0, 0.1) is 10.1 Å². The molecule has 5 heteroatoms. The van der Waals surface area contributed by atoms with E-state index in [1.165, 1.54) is 6.07 Å². The highest BCUT2D eigenvalue weighted by Gasteiger charge is 2.19. The summed E-state index contributed by atoms with van der Waals surface area (Å²) >= 11 is 0. The molecule has 1 amide bonds. The number of nitrogens with zero attached hydrogens (tertiary/aromatic N) is 1. The van der Waals surface area contributed by atoms with E-state index in [-0.39, 0.29) is 24.1 Å². The highest BCUT2D eigenvalue weighted by atomic mass is 16.6. The third kappa shape index (κ3) is 3.06. The smallest absolute Gasteiger partial charge is 0.273 e. The Morgan fingerprint density at radius 1 is 1.33 bits per heavy atom. The molecule has 0 saturated heterocycles. The van der Waals surface area contributed by atoms with Crippen LogP contribution in [0.5, 0.6) is 0 Å². The molecule has 1 aromatic carbocycles. The van der Waals surface area contributed by atoms with Gasteiger partial charge in [0.1, 0.15) is 0 Å². The molecule has 2 rings (SSSR count). The Morgan fingerprint density at radius 3 is 2.67 bits per heavy atom. The summed E-state index contributed by atoms with van der Waals surface area (Å²) in [6, 6.07) is 6.63. The summed E-state index contributed by atoms with van der Waals surface area (Å²) in [5, 5.41) is 13.8. The van der Waals surface area contributed by atoms with Gasteiger partial charge in [0, 0.05) is 17.7 Å². The molecular formula is C13H16N2O3. The van der Waals surface area contributed by atoms with Crippen molar-refractivity contribution in [1.82, 2.24) is 5.32 Å². The van der Waals surface area contributed by atoms with Crippen molar-refractivity contribution in [3.05, 3.63) is 39.9 Å². The van der Waals surface area contributed by atoms with Gasteiger partial charge in [-0.05, 0) is 12.8 Å². The molecule has 0 radical (unpaired) electrons. The van der Waals surface area contributed by atoms with Crippen LogP contribution in [0.1, 0.15) is 31.2 Å². The van der Waals surface area contributed by atoms with E-state index >= 15 is 0 Å². The number of para-hydroxylation sites is 1. The molecule has 1 N–H and O–H groups in total. The number of hydrogen-bond donors (Lipinski definition) is 1. The van der Waals surface area contributed by atoms with Crippen molar-refractivity contribution < 1.29 is 9.72 Å². The van der Waals surface area contributed by atoms with E-state index in [0.717, 1.165) is 25.7 Å². The molecule has 0 aliphatic heterocycles. The molecule has 1 saturated carbocycles. The molecule has 1 aliphatic rings. The Balaban J connectivity index is 2.00. The van der Waals surface area contributed by atoms with Crippen LogP contribution >= 0.6 is 0 Å². The molecule has 1 aromatic rings. The Bertz CT molecular complexity index is 453. The lowest BCUT2D eigenvalue weighted by Gasteiger charge is -2.11. The van der Waals surface area contributed by atoms with Gasteiger partial charge >= 0.3 is 0 Å². The lowest BCUT2D eigenvalue weighted by Crippen LogP contribution is -2.33. The predicted octanol–water partition coefficient (Wildman–Crippen LogP) is 2.20. The molecule has 0 atom stereocenters. The normalized spacial score (nSPS) is 15.6. The maximum Gasteiger partial charge on any atom is 0.273 e. The van der Waals surface area contributed by atoms with Crippen molar-refractivity contribution in [1.29, 1.82) is 0 Å². The van der Waals surface area contributed by atoms with Gasteiger partial charge in [-0.2, -0.15) is 0 Å². The third-order valence-electron chi connectivity index (χ3n) is 3.26. The topological polar surface area (TPSA) is 72.2 Å². The van der Waals surface area contributed by atoms with Gasteiger partial charge in [0.2, 0.25) is 5.91 Å². The van der Waals surface area contributed by atoms with Gasteiger partial charge in [-0.25, -0.2) is 0 Å². The highest BCUT2D eigenvalue weighted by Crippen LogP contribution is 2.20. The van der Waals surface area contributed by atoms with Crippen molar-refractivity contribution >= 4 is 11.6 Å². The first kappa shape index (κ1) is 12.5. The number of carbonyl (C=O) groups excluding carboxylic acids is 1. The summed E-state index contributed by atoms with van der Waals surface area (Å²) in [5.74, 6) is -0.129. The van der Waals surface area contributed by atoms with Crippen LogP contribution in [-0.2, 0) is 11.2 Å². The highest BCUT2D eigenvalue weighted by molar-refractivity contribution is 5.80. The number of benzene rings is 1. The monoisotopic (exact) mass is 248 g/mol. The van der Waals surface area contributed by atoms with Crippen LogP contribution in [0.25, 0.3) is 0 Å². The fourth-order valence-electron chi connectivity index (χ4n) is 2.36. The summed E-state index contributed by atoms with van der Waals surface area (Å²) < 4.78 is 0. The van der Waals surface area contributed by atoms with Crippen LogP contribution in [0.15, 0.2) is 24.3 Å². The second-order valence-corrected chi connectivity index (χ2v) is 4.61. The first-order valence-corrected chi connectivity index (χ1v) is 6.18. The average Bonchev–Trinajstić information content (AvgIpc) is 2.82. The third-order valence-corrected chi connectivity index (χ3v) is 3.26. The fraction of sp³-hybridized carbons (Fsp3) is 0.462. The summed E-state index contributed by atoms with van der Waals surface area (Å²) in [4.78, 5) is 22.2. The summed E-state index contributed by atoms with van der Waals surface area (Å²) in [6.45, 7) is 0. The summed E-state index contributed by atoms with van der Waals surface area (Å²) in [5.41, 5.74) is 0.483. The van der Waals surface area contributed by atoms with Gasteiger partial charge in [0.05, 0.1) is 11.3 Å². The summed E-state index contributed by atoms with van der Waals surface area (Å²) in [6.07, 6.45) is 4.41. The number of nitro groups is 1. The molecule has 96 valence electrons. The van der Waals surface area contributed by atoms with Crippen LogP contribution < -0.4 is 5.32 Å². The number of nitro benzene ring substituents is 1. The number of carbonyl (C=O) groups is 1. The molecule has 0 unspecified atom stereocenters. The number of hydrogen-bond acceptors (Lipinski definition) is 3. The lowest BCUT2D eigenvalue weighted by atomic mass is 10.1.